The third kappa shape index (κ3) is 5.18. The minimum absolute atomic E-state index is 0.0115. The topological polar surface area (TPSA) is 85.6 Å². The van der Waals surface area contributed by atoms with Gasteiger partial charge in [-0.2, -0.15) is 5.26 Å². The summed E-state index contributed by atoms with van der Waals surface area (Å²) in [6.45, 7) is 3.97. The van der Waals surface area contributed by atoms with Crippen molar-refractivity contribution in [3.05, 3.63) is 0 Å². The molecule has 1 heterocycles. The maximum Gasteiger partial charge on any atom is 0.407 e. The van der Waals surface area contributed by atoms with Crippen LogP contribution >= 0.6 is 0 Å². The van der Waals surface area contributed by atoms with Gasteiger partial charge in [0.25, 0.3) is 0 Å². The molecule has 2 N–H and O–H groups in total. The molecule has 0 aromatic rings. The fourth-order valence-corrected chi connectivity index (χ4v) is 3.16. The smallest absolute Gasteiger partial charge is 0.407 e. The summed E-state index contributed by atoms with van der Waals surface area (Å²) in [5, 5.41) is 21.9. The molecule has 0 spiro atoms. The Kier molecular flexibility index (Phi) is 5.83. The molecule has 3 unspecified atom stereocenters. The SMILES string of the molecule is CCOC(=O)NC1CC(CC(O)C2CC2)CN(CC#N)C1. The van der Waals surface area contributed by atoms with Gasteiger partial charge in [0.05, 0.1) is 25.3 Å². The number of nitrogens with zero attached hydrogens (tertiary/aromatic N) is 2. The van der Waals surface area contributed by atoms with Crippen molar-refractivity contribution < 1.29 is 14.6 Å². The van der Waals surface area contributed by atoms with Crippen LogP contribution in [0.25, 0.3) is 0 Å². The van der Waals surface area contributed by atoms with Crippen molar-refractivity contribution in [2.45, 2.75) is 44.8 Å². The molecule has 1 saturated heterocycles. The van der Waals surface area contributed by atoms with E-state index in [9.17, 15) is 9.90 Å². The van der Waals surface area contributed by atoms with E-state index in [0.717, 1.165) is 32.2 Å². The van der Waals surface area contributed by atoms with Gasteiger partial charge < -0.3 is 15.2 Å². The molecule has 21 heavy (non-hydrogen) atoms. The number of hydrogen-bond donors (Lipinski definition) is 2. The summed E-state index contributed by atoms with van der Waals surface area (Å²) in [5.74, 6) is 0.780. The van der Waals surface area contributed by atoms with Crippen molar-refractivity contribution in [3.63, 3.8) is 0 Å². The molecule has 1 saturated carbocycles. The lowest BCUT2D eigenvalue weighted by molar-refractivity contribution is 0.0769. The highest BCUT2D eigenvalue weighted by atomic mass is 16.5. The van der Waals surface area contributed by atoms with Gasteiger partial charge in [-0.05, 0) is 44.4 Å². The van der Waals surface area contributed by atoms with E-state index < -0.39 is 6.09 Å². The first-order valence-corrected chi connectivity index (χ1v) is 7.83. The van der Waals surface area contributed by atoms with Gasteiger partial charge in [0.15, 0.2) is 0 Å². The van der Waals surface area contributed by atoms with E-state index in [0.29, 0.717) is 31.5 Å². The molecule has 3 atom stereocenters. The second-order valence-electron chi connectivity index (χ2n) is 6.16. The number of piperidine rings is 1. The van der Waals surface area contributed by atoms with Gasteiger partial charge in [0.1, 0.15) is 0 Å². The van der Waals surface area contributed by atoms with Gasteiger partial charge in [-0.15, -0.1) is 0 Å². The first kappa shape index (κ1) is 16.1. The van der Waals surface area contributed by atoms with Crippen molar-refractivity contribution in [1.29, 1.82) is 5.26 Å². The molecule has 2 rings (SSSR count). The fraction of sp³-hybridized carbons (Fsp3) is 0.867. The molecule has 1 aliphatic carbocycles. The number of aliphatic hydroxyl groups excluding tert-OH is 1. The molecule has 6 nitrogen and oxygen atoms in total. The van der Waals surface area contributed by atoms with Crippen LogP contribution in [0, 0.1) is 23.2 Å². The van der Waals surface area contributed by atoms with Crippen molar-refractivity contribution in [2.75, 3.05) is 26.2 Å². The Morgan fingerprint density at radius 3 is 2.90 bits per heavy atom. The number of ether oxygens (including phenoxy) is 1. The Morgan fingerprint density at radius 2 is 2.29 bits per heavy atom. The number of hydrogen-bond acceptors (Lipinski definition) is 5. The summed E-state index contributed by atoms with van der Waals surface area (Å²) in [7, 11) is 0. The molecule has 2 aliphatic rings. The Hall–Kier alpha value is -1.32. The minimum Gasteiger partial charge on any atom is -0.450 e. The first-order chi connectivity index (χ1) is 10.1. The lowest BCUT2D eigenvalue weighted by Gasteiger charge is -2.37. The molecule has 2 fully saturated rings. The van der Waals surface area contributed by atoms with E-state index in [1.165, 1.54) is 0 Å². The number of rotatable bonds is 6. The van der Waals surface area contributed by atoms with E-state index in [1.54, 1.807) is 6.92 Å². The lowest BCUT2D eigenvalue weighted by Crippen LogP contribution is -2.51. The van der Waals surface area contributed by atoms with Gasteiger partial charge in [-0.3, -0.25) is 4.90 Å². The van der Waals surface area contributed by atoms with Crippen molar-refractivity contribution in [2.24, 2.45) is 11.8 Å². The van der Waals surface area contributed by atoms with Crippen LogP contribution in [-0.2, 0) is 4.74 Å². The lowest BCUT2D eigenvalue weighted by atomic mass is 9.88. The van der Waals surface area contributed by atoms with Crippen LogP contribution in [0.4, 0.5) is 4.79 Å². The highest BCUT2D eigenvalue weighted by Gasteiger charge is 2.35. The molecule has 0 aromatic heterocycles. The van der Waals surface area contributed by atoms with E-state index in [4.69, 9.17) is 10.00 Å². The van der Waals surface area contributed by atoms with Gasteiger partial charge in [-0.1, -0.05) is 0 Å². The average molecular weight is 295 g/mol. The number of carbonyl (C=O) groups is 1. The van der Waals surface area contributed by atoms with Gasteiger partial charge in [-0.25, -0.2) is 4.79 Å². The molecule has 118 valence electrons. The molecule has 0 aromatic carbocycles. The van der Waals surface area contributed by atoms with Crippen LogP contribution in [0.3, 0.4) is 0 Å². The van der Waals surface area contributed by atoms with E-state index in [-0.39, 0.29) is 12.1 Å². The van der Waals surface area contributed by atoms with E-state index in [1.807, 2.05) is 4.90 Å². The van der Waals surface area contributed by atoms with Crippen molar-refractivity contribution in [1.82, 2.24) is 10.2 Å². The van der Waals surface area contributed by atoms with Crippen LogP contribution in [0.1, 0.15) is 32.6 Å². The Morgan fingerprint density at radius 1 is 1.52 bits per heavy atom. The van der Waals surface area contributed by atoms with Gasteiger partial charge in [0, 0.05) is 19.1 Å². The molecule has 0 bridgehead atoms. The number of nitriles is 1. The predicted octanol–water partition coefficient (Wildman–Crippen LogP) is 1.11. The number of carbonyl (C=O) groups excluding carboxylic acids is 1. The number of alkyl carbamates (subject to hydrolysis) is 1. The molecule has 6 heteroatoms. The van der Waals surface area contributed by atoms with Crippen LogP contribution in [0.5, 0.6) is 0 Å². The zero-order valence-corrected chi connectivity index (χ0v) is 12.6. The Labute approximate surface area is 126 Å². The zero-order valence-electron chi connectivity index (χ0n) is 12.6. The molecular formula is C15H25N3O3. The molecular weight excluding hydrogens is 270 g/mol. The number of likely N-dealkylation sites (tertiary alicyclic amines) is 1. The van der Waals surface area contributed by atoms with Crippen molar-refractivity contribution >= 4 is 6.09 Å². The number of nitrogens with one attached hydrogen (secondary N) is 1. The minimum atomic E-state index is -0.400. The normalized spacial score (nSPS) is 27.7. The van der Waals surface area contributed by atoms with Gasteiger partial charge >= 0.3 is 6.09 Å². The number of amides is 1. The van der Waals surface area contributed by atoms with Crippen molar-refractivity contribution in [3.8, 4) is 6.07 Å². The third-order valence-electron chi connectivity index (χ3n) is 4.25. The summed E-state index contributed by atoms with van der Waals surface area (Å²) in [6, 6.07) is 2.15. The monoisotopic (exact) mass is 295 g/mol. The second kappa shape index (κ2) is 7.62. The maximum absolute atomic E-state index is 11.6. The maximum atomic E-state index is 11.6. The van der Waals surface area contributed by atoms with Crippen LogP contribution in [0.2, 0.25) is 0 Å². The molecule has 0 radical (unpaired) electrons. The quantitative estimate of drug-likeness (QED) is 0.717. The molecule has 1 amide bonds. The second-order valence-corrected chi connectivity index (χ2v) is 6.16. The third-order valence-corrected chi connectivity index (χ3v) is 4.25. The highest BCUT2D eigenvalue weighted by molar-refractivity contribution is 5.67. The summed E-state index contributed by atoms with van der Waals surface area (Å²) in [4.78, 5) is 13.6. The largest absolute Gasteiger partial charge is 0.450 e. The van der Waals surface area contributed by atoms with E-state index >= 15 is 0 Å². The number of aliphatic hydroxyl groups is 1. The van der Waals surface area contributed by atoms with Crippen LogP contribution in [-0.4, -0.2) is 54.5 Å². The fourth-order valence-electron chi connectivity index (χ4n) is 3.16. The van der Waals surface area contributed by atoms with Crippen LogP contribution < -0.4 is 5.32 Å². The zero-order chi connectivity index (χ0) is 15.2. The summed E-state index contributed by atoms with van der Waals surface area (Å²) in [6.07, 6.45) is 3.21. The van der Waals surface area contributed by atoms with E-state index in [2.05, 4.69) is 11.4 Å². The van der Waals surface area contributed by atoms with Crippen LogP contribution in [0.15, 0.2) is 0 Å². The Bertz CT molecular complexity index is 392. The van der Waals surface area contributed by atoms with Gasteiger partial charge in [0.2, 0.25) is 0 Å². The average Bonchev–Trinajstić information content (AvgIpc) is 3.23. The summed E-state index contributed by atoms with van der Waals surface area (Å²) < 4.78 is 4.92. The predicted molar refractivity (Wildman–Crippen MR) is 77.5 cm³/mol. The highest BCUT2D eigenvalue weighted by Crippen LogP contribution is 2.36. The summed E-state index contributed by atoms with van der Waals surface area (Å²) in [5.41, 5.74) is 0. The summed E-state index contributed by atoms with van der Waals surface area (Å²) >= 11 is 0. The standard InChI is InChI=1S/C15H25N3O3/c1-2-21-15(20)17-13-7-11(8-14(19)12-3-4-12)9-18(10-13)6-5-16/h11-14,19H,2-4,6-10H2,1H3,(H,17,20). The molecule has 1 aliphatic heterocycles. The Balaban J connectivity index is 1.87. The first-order valence-electron chi connectivity index (χ1n) is 7.83.